The summed E-state index contributed by atoms with van der Waals surface area (Å²) in [5, 5.41) is 1.14. The van der Waals surface area contributed by atoms with Gasteiger partial charge in [0.2, 0.25) is 5.95 Å². The van der Waals surface area contributed by atoms with Gasteiger partial charge in [-0.25, -0.2) is 4.98 Å². The minimum absolute atomic E-state index is 0.377. The summed E-state index contributed by atoms with van der Waals surface area (Å²) in [5.74, 6) is 2.16. The molecule has 2 aromatic heterocycles. The molecule has 1 fully saturated rings. The number of aromatic nitrogens is 2. The second-order valence-corrected chi connectivity index (χ2v) is 6.75. The normalized spacial score (nSPS) is 16.3. The van der Waals surface area contributed by atoms with Crippen LogP contribution in [0.25, 0.3) is 10.2 Å². The Morgan fingerprint density at radius 1 is 1.37 bits per heavy atom. The molecule has 1 aliphatic carbocycles. The summed E-state index contributed by atoms with van der Waals surface area (Å²) in [5.41, 5.74) is 5.84. The number of fused-ring (bicyclic) bond motifs is 1. The Labute approximate surface area is 117 Å². The molecular formula is C14H20N4S. The number of nitrogen functional groups attached to an aromatic ring is 1. The average Bonchev–Trinajstić information content (AvgIpc) is 2.96. The van der Waals surface area contributed by atoms with Crippen LogP contribution in [0.15, 0.2) is 6.07 Å². The van der Waals surface area contributed by atoms with Crippen LogP contribution < -0.4 is 10.6 Å². The number of nitrogens with zero attached hydrogens (tertiary/aromatic N) is 3. The van der Waals surface area contributed by atoms with Gasteiger partial charge in [-0.2, -0.15) is 4.98 Å². The smallest absolute Gasteiger partial charge is 0.223 e. The minimum Gasteiger partial charge on any atom is -0.368 e. The monoisotopic (exact) mass is 276 g/mol. The number of hydrogen-bond acceptors (Lipinski definition) is 5. The molecule has 0 atom stereocenters. The SMILES string of the molecule is Cc1cc2c(N(C)CC3CCCC3)nc(N)nc2s1. The largest absolute Gasteiger partial charge is 0.368 e. The molecular weight excluding hydrogens is 256 g/mol. The second-order valence-electron chi connectivity index (χ2n) is 5.51. The molecule has 102 valence electrons. The van der Waals surface area contributed by atoms with Gasteiger partial charge in [0.25, 0.3) is 0 Å². The fraction of sp³-hybridized carbons (Fsp3) is 0.571. The molecule has 5 heteroatoms. The Bertz CT molecular complexity index is 586. The molecule has 19 heavy (non-hydrogen) atoms. The molecule has 0 spiro atoms. The fourth-order valence-electron chi connectivity index (χ4n) is 3.00. The topological polar surface area (TPSA) is 55.0 Å². The van der Waals surface area contributed by atoms with Crippen LogP contribution in [0.2, 0.25) is 0 Å². The van der Waals surface area contributed by atoms with Gasteiger partial charge in [0.1, 0.15) is 10.6 Å². The minimum atomic E-state index is 0.377. The molecule has 0 radical (unpaired) electrons. The molecule has 3 rings (SSSR count). The zero-order valence-corrected chi connectivity index (χ0v) is 12.3. The van der Waals surface area contributed by atoms with E-state index in [4.69, 9.17) is 5.73 Å². The molecule has 0 aliphatic heterocycles. The number of aryl methyl sites for hydroxylation is 1. The van der Waals surface area contributed by atoms with Crippen LogP contribution in [0.5, 0.6) is 0 Å². The molecule has 2 aromatic rings. The van der Waals surface area contributed by atoms with Crippen molar-refractivity contribution < 1.29 is 0 Å². The highest BCUT2D eigenvalue weighted by Crippen LogP contribution is 2.32. The third-order valence-electron chi connectivity index (χ3n) is 3.88. The number of thiophene rings is 1. The molecule has 0 amide bonds. The maximum atomic E-state index is 5.84. The van der Waals surface area contributed by atoms with Crippen LogP contribution in [-0.4, -0.2) is 23.6 Å². The fourth-order valence-corrected chi connectivity index (χ4v) is 3.88. The lowest BCUT2D eigenvalue weighted by molar-refractivity contribution is 0.545. The van der Waals surface area contributed by atoms with Crippen LogP contribution in [0.1, 0.15) is 30.6 Å². The van der Waals surface area contributed by atoms with E-state index in [9.17, 15) is 0 Å². The van der Waals surface area contributed by atoms with E-state index in [-0.39, 0.29) is 0 Å². The summed E-state index contributed by atoms with van der Waals surface area (Å²) in [6, 6.07) is 2.17. The zero-order valence-electron chi connectivity index (χ0n) is 11.5. The van der Waals surface area contributed by atoms with E-state index < -0.39 is 0 Å². The van der Waals surface area contributed by atoms with Crippen LogP contribution >= 0.6 is 11.3 Å². The van der Waals surface area contributed by atoms with E-state index in [2.05, 4.69) is 34.9 Å². The number of rotatable bonds is 3. The molecule has 1 saturated carbocycles. The van der Waals surface area contributed by atoms with Crippen molar-refractivity contribution in [2.24, 2.45) is 5.92 Å². The Morgan fingerprint density at radius 3 is 2.84 bits per heavy atom. The number of hydrogen-bond donors (Lipinski definition) is 1. The van der Waals surface area contributed by atoms with E-state index >= 15 is 0 Å². The molecule has 2 heterocycles. The van der Waals surface area contributed by atoms with Crippen LogP contribution in [0.3, 0.4) is 0 Å². The van der Waals surface area contributed by atoms with Crippen LogP contribution in [0.4, 0.5) is 11.8 Å². The average molecular weight is 276 g/mol. The van der Waals surface area contributed by atoms with Gasteiger partial charge in [-0.3, -0.25) is 0 Å². The number of nitrogens with two attached hydrogens (primary N) is 1. The van der Waals surface area contributed by atoms with Crippen molar-refractivity contribution in [2.45, 2.75) is 32.6 Å². The number of anilines is 2. The van der Waals surface area contributed by atoms with Gasteiger partial charge in [-0.15, -0.1) is 11.3 Å². The van der Waals surface area contributed by atoms with Gasteiger partial charge < -0.3 is 10.6 Å². The lowest BCUT2D eigenvalue weighted by Gasteiger charge is -2.22. The van der Waals surface area contributed by atoms with Crippen molar-refractivity contribution in [1.29, 1.82) is 0 Å². The summed E-state index contributed by atoms with van der Waals surface area (Å²) in [6.45, 7) is 3.17. The lowest BCUT2D eigenvalue weighted by Crippen LogP contribution is -2.25. The maximum absolute atomic E-state index is 5.84. The van der Waals surface area contributed by atoms with E-state index in [0.29, 0.717) is 5.95 Å². The van der Waals surface area contributed by atoms with E-state index in [0.717, 1.165) is 28.5 Å². The Balaban J connectivity index is 1.93. The van der Waals surface area contributed by atoms with Gasteiger partial charge in [-0.1, -0.05) is 12.8 Å². The van der Waals surface area contributed by atoms with Crippen molar-refractivity contribution in [3.05, 3.63) is 10.9 Å². The standard InChI is InChI=1S/C14H20N4S/c1-9-7-11-12(16-14(15)17-13(11)19-9)18(2)8-10-5-3-4-6-10/h7,10H,3-6,8H2,1-2H3,(H2,15,16,17). The Kier molecular flexibility index (Phi) is 3.31. The highest BCUT2D eigenvalue weighted by Gasteiger charge is 2.19. The first-order valence-electron chi connectivity index (χ1n) is 6.88. The summed E-state index contributed by atoms with van der Waals surface area (Å²) < 4.78 is 0. The zero-order chi connectivity index (χ0) is 13.4. The van der Waals surface area contributed by atoms with E-state index in [1.54, 1.807) is 11.3 Å². The molecule has 2 N–H and O–H groups in total. The quantitative estimate of drug-likeness (QED) is 0.935. The maximum Gasteiger partial charge on any atom is 0.223 e. The van der Waals surface area contributed by atoms with Crippen molar-refractivity contribution in [3.63, 3.8) is 0 Å². The predicted octanol–water partition coefficient (Wildman–Crippen LogP) is 3.21. The summed E-state index contributed by atoms with van der Waals surface area (Å²) in [7, 11) is 2.12. The third-order valence-corrected chi connectivity index (χ3v) is 4.83. The second kappa shape index (κ2) is 4.96. The van der Waals surface area contributed by atoms with Gasteiger partial charge in [0.05, 0.1) is 5.39 Å². The molecule has 0 saturated heterocycles. The highest BCUT2D eigenvalue weighted by atomic mass is 32.1. The molecule has 4 nitrogen and oxygen atoms in total. The van der Waals surface area contributed by atoms with Crippen molar-refractivity contribution >= 4 is 33.3 Å². The summed E-state index contributed by atoms with van der Waals surface area (Å²) in [6.07, 6.45) is 5.43. The summed E-state index contributed by atoms with van der Waals surface area (Å²) in [4.78, 5) is 13.3. The first-order chi connectivity index (χ1) is 9.13. The van der Waals surface area contributed by atoms with Crippen molar-refractivity contribution in [3.8, 4) is 0 Å². The molecule has 0 aromatic carbocycles. The first kappa shape index (κ1) is 12.7. The Morgan fingerprint density at radius 2 is 2.11 bits per heavy atom. The van der Waals surface area contributed by atoms with E-state index in [1.165, 1.54) is 30.6 Å². The molecule has 0 bridgehead atoms. The van der Waals surface area contributed by atoms with Gasteiger partial charge >= 0.3 is 0 Å². The van der Waals surface area contributed by atoms with Gasteiger partial charge in [0, 0.05) is 18.5 Å². The van der Waals surface area contributed by atoms with Crippen LogP contribution in [-0.2, 0) is 0 Å². The van der Waals surface area contributed by atoms with Crippen LogP contribution in [0, 0.1) is 12.8 Å². The first-order valence-corrected chi connectivity index (χ1v) is 7.70. The summed E-state index contributed by atoms with van der Waals surface area (Å²) >= 11 is 1.68. The van der Waals surface area contributed by atoms with Crippen molar-refractivity contribution in [1.82, 2.24) is 9.97 Å². The third kappa shape index (κ3) is 2.52. The van der Waals surface area contributed by atoms with Gasteiger partial charge in [0.15, 0.2) is 0 Å². The van der Waals surface area contributed by atoms with E-state index in [1.807, 2.05) is 0 Å². The van der Waals surface area contributed by atoms with Gasteiger partial charge in [-0.05, 0) is 31.7 Å². The highest BCUT2D eigenvalue weighted by molar-refractivity contribution is 7.18. The predicted molar refractivity (Wildman–Crippen MR) is 81.8 cm³/mol. The Hall–Kier alpha value is -1.36. The lowest BCUT2D eigenvalue weighted by atomic mass is 10.1. The van der Waals surface area contributed by atoms with Crippen molar-refractivity contribution in [2.75, 3.05) is 24.2 Å². The molecule has 1 aliphatic rings. The molecule has 0 unspecified atom stereocenters.